The van der Waals surface area contributed by atoms with E-state index in [4.69, 9.17) is 16.3 Å². The van der Waals surface area contributed by atoms with Crippen molar-refractivity contribution in [2.24, 2.45) is 7.05 Å². The standard InChI is InChI=1S/C21H20ClN3O4/c1-12(2)15-11-18(24-21(28)29-14-6-4-13(22)5-7-14)17(20(26)27)10-16(15)19-8-9-23-25(19)3/h4-12H,1-3H3,(H,24,28)(H,26,27). The van der Waals surface area contributed by atoms with Crippen LogP contribution in [0.1, 0.15) is 35.7 Å². The Bertz CT molecular complexity index is 1060. The van der Waals surface area contributed by atoms with E-state index in [0.29, 0.717) is 10.8 Å². The molecule has 0 aliphatic heterocycles. The highest BCUT2D eigenvalue weighted by molar-refractivity contribution is 6.30. The minimum atomic E-state index is -1.16. The zero-order valence-electron chi connectivity index (χ0n) is 16.1. The fraction of sp³-hybridized carbons (Fsp3) is 0.190. The highest BCUT2D eigenvalue weighted by Crippen LogP contribution is 2.34. The normalized spacial score (nSPS) is 10.8. The molecule has 0 aliphatic rings. The average molecular weight is 414 g/mol. The van der Waals surface area contributed by atoms with Crippen LogP contribution in [0.15, 0.2) is 48.7 Å². The molecule has 150 valence electrons. The lowest BCUT2D eigenvalue weighted by Gasteiger charge is -2.18. The Labute approximate surface area is 172 Å². The first-order valence-corrected chi connectivity index (χ1v) is 9.28. The summed E-state index contributed by atoms with van der Waals surface area (Å²) in [4.78, 5) is 24.2. The van der Waals surface area contributed by atoms with Gasteiger partial charge in [0.05, 0.1) is 16.9 Å². The summed E-state index contributed by atoms with van der Waals surface area (Å²) in [6.45, 7) is 3.98. The average Bonchev–Trinajstić information content (AvgIpc) is 3.08. The first kappa shape index (κ1) is 20.4. The molecule has 2 N–H and O–H groups in total. The Balaban J connectivity index is 1.98. The van der Waals surface area contributed by atoms with Crippen molar-refractivity contribution in [1.82, 2.24) is 9.78 Å². The summed E-state index contributed by atoms with van der Waals surface area (Å²) < 4.78 is 6.89. The quantitative estimate of drug-likeness (QED) is 0.601. The monoisotopic (exact) mass is 413 g/mol. The lowest BCUT2D eigenvalue weighted by atomic mass is 9.92. The highest BCUT2D eigenvalue weighted by Gasteiger charge is 2.21. The van der Waals surface area contributed by atoms with Crippen LogP contribution in [0.4, 0.5) is 10.5 Å². The molecular weight excluding hydrogens is 394 g/mol. The smallest absolute Gasteiger partial charge is 0.417 e. The van der Waals surface area contributed by atoms with Gasteiger partial charge in [-0.3, -0.25) is 10.00 Å². The Morgan fingerprint density at radius 3 is 2.41 bits per heavy atom. The SMILES string of the molecule is CC(C)c1cc(NC(=O)Oc2ccc(Cl)cc2)c(C(=O)O)cc1-c1ccnn1C. The first-order chi connectivity index (χ1) is 13.8. The van der Waals surface area contributed by atoms with Crippen LogP contribution in [-0.4, -0.2) is 26.9 Å². The predicted octanol–water partition coefficient (Wildman–Crippen LogP) is 5.17. The molecule has 0 unspecified atom stereocenters. The number of carboxylic acid groups (broad SMARTS) is 1. The van der Waals surface area contributed by atoms with Crippen LogP contribution in [0.25, 0.3) is 11.3 Å². The van der Waals surface area contributed by atoms with Crippen LogP contribution < -0.4 is 10.1 Å². The number of hydrogen-bond acceptors (Lipinski definition) is 4. The van der Waals surface area contributed by atoms with E-state index in [1.165, 1.54) is 0 Å². The maximum atomic E-state index is 12.3. The molecule has 8 heteroatoms. The number of ether oxygens (including phenoxy) is 1. The third kappa shape index (κ3) is 4.57. The van der Waals surface area contributed by atoms with Crippen molar-refractivity contribution in [2.45, 2.75) is 19.8 Å². The number of nitrogens with zero attached hydrogens (tertiary/aromatic N) is 2. The van der Waals surface area contributed by atoms with Gasteiger partial charge < -0.3 is 9.84 Å². The third-order valence-electron chi connectivity index (χ3n) is 4.40. The fourth-order valence-corrected chi connectivity index (χ4v) is 3.11. The molecule has 0 bridgehead atoms. The van der Waals surface area contributed by atoms with Crippen molar-refractivity contribution < 1.29 is 19.4 Å². The van der Waals surface area contributed by atoms with Gasteiger partial charge in [0.2, 0.25) is 0 Å². The molecule has 7 nitrogen and oxygen atoms in total. The number of carbonyl (C=O) groups is 2. The second-order valence-electron chi connectivity index (χ2n) is 6.75. The van der Waals surface area contributed by atoms with Gasteiger partial charge in [-0.25, -0.2) is 9.59 Å². The van der Waals surface area contributed by atoms with Gasteiger partial charge in [-0.1, -0.05) is 25.4 Å². The van der Waals surface area contributed by atoms with E-state index in [-0.39, 0.29) is 17.2 Å². The van der Waals surface area contributed by atoms with Gasteiger partial charge in [0.1, 0.15) is 5.75 Å². The summed E-state index contributed by atoms with van der Waals surface area (Å²) in [6, 6.07) is 11.3. The summed E-state index contributed by atoms with van der Waals surface area (Å²) in [5.74, 6) is -0.791. The van der Waals surface area contributed by atoms with Crippen molar-refractivity contribution in [2.75, 3.05) is 5.32 Å². The number of carbonyl (C=O) groups excluding carboxylic acids is 1. The molecular formula is C21H20ClN3O4. The number of aromatic carboxylic acids is 1. The number of benzene rings is 2. The van der Waals surface area contributed by atoms with Crippen molar-refractivity contribution in [1.29, 1.82) is 0 Å². The molecule has 0 spiro atoms. The molecule has 0 fully saturated rings. The largest absolute Gasteiger partial charge is 0.478 e. The van der Waals surface area contributed by atoms with E-state index in [2.05, 4.69) is 10.4 Å². The molecule has 1 aromatic heterocycles. The summed E-state index contributed by atoms with van der Waals surface area (Å²) in [5.41, 5.74) is 2.52. The number of hydrogen-bond donors (Lipinski definition) is 2. The van der Waals surface area contributed by atoms with Crippen LogP contribution in [-0.2, 0) is 7.05 Å². The van der Waals surface area contributed by atoms with Crippen molar-refractivity contribution in [3.05, 3.63) is 64.8 Å². The number of aromatic nitrogens is 2. The Morgan fingerprint density at radius 2 is 1.86 bits per heavy atom. The zero-order valence-corrected chi connectivity index (χ0v) is 16.9. The van der Waals surface area contributed by atoms with Crippen LogP contribution in [0.5, 0.6) is 5.75 Å². The number of nitrogens with one attached hydrogen (secondary N) is 1. The molecule has 0 saturated heterocycles. The Morgan fingerprint density at radius 1 is 1.17 bits per heavy atom. The summed E-state index contributed by atoms with van der Waals surface area (Å²) in [7, 11) is 1.79. The molecule has 0 aliphatic carbocycles. The fourth-order valence-electron chi connectivity index (χ4n) is 2.98. The zero-order chi connectivity index (χ0) is 21.1. The first-order valence-electron chi connectivity index (χ1n) is 8.90. The molecule has 1 heterocycles. The number of amides is 1. The number of aryl methyl sites for hydroxylation is 1. The lowest BCUT2D eigenvalue weighted by molar-refractivity contribution is 0.0698. The molecule has 29 heavy (non-hydrogen) atoms. The number of rotatable bonds is 5. The maximum Gasteiger partial charge on any atom is 0.417 e. The van der Waals surface area contributed by atoms with Gasteiger partial charge in [0.15, 0.2) is 0 Å². The maximum absolute atomic E-state index is 12.3. The second-order valence-corrected chi connectivity index (χ2v) is 7.19. The van der Waals surface area contributed by atoms with Gasteiger partial charge in [0, 0.05) is 23.8 Å². The topological polar surface area (TPSA) is 93.4 Å². The van der Waals surface area contributed by atoms with Gasteiger partial charge in [-0.2, -0.15) is 5.10 Å². The predicted molar refractivity (Wildman–Crippen MR) is 111 cm³/mol. The van der Waals surface area contributed by atoms with Crippen LogP contribution in [0.2, 0.25) is 5.02 Å². The molecule has 3 aromatic rings. The lowest BCUT2D eigenvalue weighted by Crippen LogP contribution is -2.19. The highest BCUT2D eigenvalue weighted by atomic mass is 35.5. The molecule has 1 amide bonds. The van der Waals surface area contributed by atoms with E-state index in [9.17, 15) is 14.7 Å². The van der Waals surface area contributed by atoms with E-state index < -0.39 is 12.1 Å². The number of carboxylic acids is 1. The molecule has 3 rings (SSSR count). The van der Waals surface area contributed by atoms with Crippen molar-refractivity contribution >= 4 is 29.4 Å². The number of anilines is 1. The molecule has 2 aromatic carbocycles. The Kier molecular flexibility index (Phi) is 5.89. The Hall–Kier alpha value is -3.32. The summed E-state index contributed by atoms with van der Waals surface area (Å²) in [6.07, 6.45) is 0.855. The van der Waals surface area contributed by atoms with E-state index in [0.717, 1.165) is 16.8 Å². The van der Waals surface area contributed by atoms with E-state index >= 15 is 0 Å². The third-order valence-corrected chi connectivity index (χ3v) is 4.65. The summed E-state index contributed by atoms with van der Waals surface area (Å²) >= 11 is 5.82. The van der Waals surface area contributed by atoms with Crippen LogP contribution in [0.3, 0.4) is 0 Å². The van der Waals surface area contributed by atoms with Crippen molar-refractivity contribution in [3.8, 4) is 17.0 Å². The van der Waals surface area contributed by atoms with Crippen LogP contribution >= 0.6 is 11.6 Å². The van der Waals surface area contributed by atoms with E-state index in [1.54, 1.807) is 54.3 Å². The minimum Gasteiger partial charge on any atom is -0.478 e. The second kappa shape index (κ2) is 8.36. The van der Waals surface area contributed by atoms with Gasteiger partial charge in [-0.05, 0) is 53.9 Å². The van der Waals surface area contributed by atoms with Gasteiger partial charge >= 0.3 is 12.1 Å². The minimum absolute atomic E-state index is 0.0429. The molecule has 0 saturated carbocycles. The van der Waals surface area contributed by atoms with E-state index in [1.807, 2.05) is 19.9 Å². The summed E-state index contributed by atoms with van der Waals surface area (Å²) in [5, 5.41) is 16.9. The van der Waals surface area contributed by atoms with Gasteiger partial charge in [0.25, 0.3) is 0 Å². The molecule has 0 radical (unpaired) electrons. The van der Waals surface area contributed by atoms with Crippen LogP contribution in [0, 0.1) is 0 Å². The van der Waals surface area contributed by atoms with Crippen molar-refractivity contribution in [3.63, 3.8) is 0 Å². The number of halogens is 1. The van der Waals surface area contributed by atoms with Gasteiger partial charge in [-0.15, -0.1) is 0 Å². The molecule has 0 atom stereocenters.